The van der Waals surface area contributed by atoms with Gasteiger partial charge in [-0.2, -0.15) is 10.5 Å². The summed E-state index contributed by atoms with van der Waals surface area (Å²) in [7, 11) is 0. The van der Waals surface area contributed by atoms with E-state index >= 15 is 0 Å². The van der Waals surface area contributed by atoms with Crippen molar-refractivity contribution in [1.82, 2.24) is 33.2 Å². The van der Waals surface area contributed by atoms with Gasteiger partial charge < -0.3 is 18.3 Å². The average Bonchev–Trinajstić information content (AvgIpc) is 4.41. The lowest BCUT2D eigenvalue weighted by atomic mass is 10.1. The van der Waals surface area contributed by atoms with Crippen molar-refractivity contribution in [3.8, 4) is 69.1 Å². The molecule has 0 aliphatic rings. The van der Waals surface area contributed by atoms with Gasteiger partial charge in [0.15, 0.2) is 17.5 Å². The fraction of sp³-hybridized carbons (Fsp3) is 0. The quantitative estimate of drug-likeness (QED) is 0.158. The van der Waals surface area contributed by atoms with Crippen LogP contribution in [-0.2, 0) is 0 Å². The highest BCUT2D eigenvalue weighted by Gasteiger charge is 2.27. The number of nitrogens with zero attached hydrogens (tertiary/aromatic N) is 9. The summed E-state index contributed by atoms with van der Waals surface area (Å²) in [5.41, 5.74) is 15.1. The Morgan fingerprint density at radius 1 is 0.287 bits per heavy atom. The first-order chi connectivity index (χ1) is 39.6. The topological polar surface area (TPSA) is 106 Å². The first-order valence-corrected chi connectivity index (χ1v) is 26.6. The number of para-hydroxylation sites is 6. The monoisotopic (exact) mass is 1020 g/mol. The van der Waals surface area contributed by atoms with Crippen LogP contribution < -0.4 is 0 Å². The van der Waals surface area contributed by atoms with E-state index in [0.717, 1.165) is 116 Å². The molecule has 0 saturated heterocycles. The largest absolute Gasteiger partial charge is 0.309 e. The van der Waals surface area contributed by atoms with Crippen LogP contribution >= 0.6 is 0 Å². The van der Waals surface area contributed by atoms with Gasteiger partial charge in [0.05, 0.1) is 78.8 Å². The van der Waals surface area contributed by atoms with Crippen molar-refractivity contribution in [2.75, 3.05) is 0 Å². The van der Waals surface area contributed by atoms with Crippen molar-refractivity contribution in [2.24, 2.45) is 0 Å². The molecule has 5 aromatic heterocycles. The third-order valence-electron chi connectivity index (χ3n) is 15.9. The summed E-state index contributed by atoms with van der Waals surface area (Å²) in [5.74, 6) is 1.32. The SMILES string of the molecule is N#Cc1ccc(-c2nc(-c3ccccc3)nc(-c3ccc(C#N)cc3-n3c4ccccc4c4ccc5c(c6ccccc6n5-c5ccccc5)c43)n2)c(-n2c3ccccc3c3ccc4c(c5ccccc5n4-c4ccccc4)c32)c1. The number of nitriles is 2. The van der Waals surface area contributed by atoms with E-state index < -0.39 is 0 Å². The Bertz CT molecular complexity index is 5010. The summed E-state index contributed by atoms with van der Waals surface area (Å²) in [4.78, 5) is 16.3. The molecule has 9 nitrogen and oxygen atoms in total. The molecular formula is C71H41N9. The van der Waals surface area contributed by atoms with Crippen molar-refractivity contribution in [3.63, 3.8) is 0 Å². The number of rotatable bonds is 7. The van der Waals surface area contributed by atoms with Crippen LogP contribution in [0.15, 0.2) is 249 Å². The van der Waals surface area contributed by atoms with E-state index in [-0.39, 0.29) is 0 Å². The molecule has 80 heavy (non-hydrogen) atoms. The number of hydrogen-bond donors (Lipinski definition) is 0. The van der Waals surface area contributed by atoms with E-state index in [4.69, 9.17) is 15.0 Å². The summed E-state index contributed by atoms with van der Waals surface area (Å²) < 4.78 is 9.28. The standard InChI is InChI=1S/C71H41N9/c72-42-44-32-34-55(63(40-44)79-57-28-14-10-24-49(57)51-36-38-61-65(67(51)79)53-26-12-16-30-59(53)77(61)47-20-6-2-7-21-47)70-74-69(46-18-4-1-5-19-46)75-71(76-70)56-35-33-45(43-73)41-64(56)80-58-29-15-11-25-50(58)52-37-39-62-66(68(52)80)54-27-13-17-31-60(54)78(62)48-22-8-3-9-23-48/h1-41H. The molecule has 11 aromatic carbocycles. The summed E-state index contributed by atoms with van der Waals surface area (Å²) in [5, 5.41) is 30.2. The molecule has 0 bridgehead atoms. The molecule has 0 unspecified atom stereocenters. The summed E-state index contributed by atoms with van der Waals surface area (Å²) in [6.45, 7) is 0. The van der Waals surface area contributed by atoms with Gasteiger partial charge in [0.25, 0.3) is 0 Å². The lowest BCUT2D eigenvalue weighted by Gasteiger charge is -2.17. The highest BCUT2D eigenvalue weighted by molar-refractivity contribution is 6.28. The molecule has 0 saturated carbocycles. The Labute approximate surface area is 457 Å². The summed E-state index contributed by atoms with van der Waals surface area (Å²) in [6.07, 6.45) is 0. The highest BCUT2D eigenvalue weighted by atomic mass is 15.1. The molecular weight excluding hydrogens is 979 g/mol. The van der Waals surface area contributed by atoms with Gasteiger partial charge in [-0.1, -0.05) is 152 Å². The molecule has 0 aliphatic carbocycles. The van der Waals surface area contributed by atoms with Gasteiger partial charge in [-0.25, -0.2) is 15.0 Å². The van der Waals surface area contributed by atoms with Crippen LogP contribution in [0.2, 0.25) is 0 Å². The zero-order chi connectivity index (χ0) is 53.0. The Morgan fingerprint density at radius 2 is 0.650 bits per heavy atom. The zero-order valence-electron chi connectivity index (χ0n) is 42.7. The van der Waals surface area contributed by atoms with Gasteiger partial charge in [-0.3, -0.25) is 0 Å². The maximum absolute atomic E-state index is 10.7. The summed E-state index contributed by atoms with van der Waals surface area (Å²) >= 11 is 0. The van der Waals surface area contributed by atoms with E-state index in [2.05, 4.69) is 200 Å². The van der Waals surface area contributed by atoms with E-state index in [1.54, 1.807) is 0 Å². The Hall–Kier alpha value is -11.4. The highest BCUT2D eigenvalue weighted by Crippen LogP contribution is 2.46. The minimum absolute atomic E-state index is 0.420. The Kier molecular flexibility index (Phi) is 9.86. The number of aromatic nitrogens is 7. The van der Waals surface area contributed by atoms with Crippen molar-refractivity contribution in [2.45, 2.75) is 0 Å². The first-order valence-electron chi connectivity index (χ1n) is 26.6. The van der Waals surface area contributed by atoms with E-state index in [9.17, 15) is 10.5 Å². The van der Waals surface area contributed by atoms with Crippen LogP contribution in [0.1, 0.15) is 11.1 Å². The molecule has 16 aromatic rings. The fourth-order valence-electron chi connectivity index (χ4n) is 12.5. The van der Waals surface area contributed by atoms with Crippen molar-refractivity contribution in [1.29, 1.82) is 10.5 Å². The van der Waals surface area contributed by atoms with Crippen molar-refractivity contribution in [3.05, 3.63) is 260 Å². The van der Waals surface area contributed by atoms with Gasteiger partial charge in [0, 0.05) is 71.2 Å². The van der Waals surface area contributed by atoms with Gasteiger partial charge >= 0.3 is 0 Å². The average molecular weight is 1020 g/mol. The molecule has 0 radical (unpaired) electrons. The van der Waals surface area contributed by atoms with E-state index in [1.165, 1.54) is 0 Å². The molecule has 0 N–H and O–H groups in total. The Balaban J connectivity index is 1.00. The second-order valence-corrected chi connectivity index (χ2v) is 20.2. The normalized spacial score (nSPS) is 11.7. The summed E-state index contributed by atoms with van der Waals surface area (Å²) in [6, 6.07) is 90.5. The van der Waals surface area contributed by atoms with Gasteiger partial charge in [0.2, 0.25) is 0 Å². The van der Waals surface area contributed by atoms with Crippen molar-refractivity contribution >= 4 is 87.2 Å². The first kappa shape index (κ1) is 44.9. The number of fused-ring (bicyclic) bond motifs is 14. The van der Waals surface area contributed by atoms with Crippen LogP contribution in [0.4, 0.5) is 0 Å². The third-order valence-corrected chi connectivity index (χ3v) is 15.9. The molecule has 370 valence electrons. The third kappa shape index (κ3) is 6.59. The second-order valence-electron chi connectivity index (χ2n) is 20.2. The molecule has 0 fully saturated rings. The molecule has 9 heteroatoms. The van der Waals surface area contributed by atoms with Crippen molar-refractivity contribution < 1.29 is 0 Å². The molecule has 0 spiro atoms. The van der Waals surface area contributed by atoms with Crippen LogP contribution in [0, 0.1) is 22.7 Å². The van der Waals surface area contributed by atoms with E-state index in [0.29, 0.717) is 39.7 Å². The van der Waals surface area contributed by atoms with E-state index in [1.807, 2.05) is 78.9 Å². The van der Waals surface area contributed by atoms with Crippen LogP contribution in [0.5, 0.6) is 0 Å². The maximum atomic E-state index is 10.7. The van der Waals surface area contributed by atoms with Gasteiger partial charge in [0.1, 0.15) is 0 Å². The molecule has 16 rings (SSSR count). The van der Waals surface area contributed by atoms with Crippen LogP contribution in [-0.4, -0.2) is 33.2 Å². The maximum Gasteiger partial charge on any atom is 0.166 e. The van der Waals surface area contributed by atoms with Crippen LogP contribution in [0.3, 0.4) is 0 Å². The van der Waals surface area contributed by atoms with Gasteiger partial charge in [-0.15, -0.1) is 0 Å². The predicted octanol–water partition coefficient (Wildman–Crippen LogP) is 17.0. The number of benzene rings is 11. The lowest BCUT2D eigenvalue weighted by Crippen LogP contribution is -2.06. The molecule has 0 aliphatic heterocycles. The minimum Gasteiger partial charge on any atom is -0.309 e. The molecule has 0 atom stereocenters. The molecule has 5 heterocycles. The second kappa shape index (κ2) is 17.6. The lowest BCUT2D eigenvalue weighted by molar-refractivity contribution is 1.06. The smallest absolute Gasteiger partial charge is 0.166 e. The van der Waals surface area contributed by atoms with Gasteiger partial charge in [-0.05, 0) is 97.1 Å². The zero-order valence-corrected chi connectivity index (χ0v) is 42.7. The van der Waals surface area contributed by atoms with Crippen LogP contribution in [0.25, 0.3) is 144 Å². The minimum atomic E-state index is 0.420. The Morgan fingerprint density at radius 3 is 1.07 bits per heavy atom. The number of hydrogen-bond acceptors (Lipinski definition) is 5. The molecule has 0 amide bonds. The predicted molar refractivity (Wildman–Crippen MR) is 323 cm³/mol. The fourth-order valence-corrected chi connectivity index (χ4v) is 12.5.